The number of hydrogen-bond acceptors (Lipinski definition) is 4. The molecular formula is C21H25N3O3. The molecule has 0 spiro atoms. The number of fused-ring (bicyclic) bond motifs is 1. The number of aromatic amines is 1. The van der Waals surface area contributed by atoms with Gasteiger partial charge in [-0.3, -0.25) is 14.5 Å². The number of amides is 1. The molecule has 2 atom stereocenters. The van der Waals surface area contributed by atoms with Gasteiger partial charge in [-0.15, -0.1) is 0 Å². The normalized spacial score (nSPS) is 23.1. The lowest BCUT2D eigenvalue weighted by atomic mass is 10.00. The van der Waals surface area contributed by atoms with Gasteiger partial charge in [-0.25, -0.2) is 0 Å². The van der Waals surface area contributed by atoms with Gasteiger partial charge in [-0.05, 0) is 36.0 Å². The average molecular weight is 367 g/mol. The Morgan fingerprint density at radius 1 is 1.15 bits per heavy atom. The molecule has 2 aliphatic rings. The van der Waals surface area contributed by atoms with Gasteiger partial charge in [-0.2, -0.15) is 0 Å². The van der Waals surface area contributed by atoms with E-state index in [1.54, 1.807) is 12.3 Å². The van der Waals surface area contributed by atoms with Crippen LogP contribution in [0.25, 0.3) is 0 Å². The fourth-order valence-corrected chi connectivity index (χ4v) is 4.26. The first-order valence-electron chi connectivity index (χ1n) is 9.52. The first-order chi connectivity index (χ1) is 13.1. The lowest BCUT2D eigenvalue weighted by molar-refractivity contribution is -0.126. The van der Waals surface area contributed by atoms with E-state index in [4.69, 9.17) is 0 Å². The molecule has 0 radical (unpaired) electrons. The van der Waals surface area contributed by atoms with E-state index in [9.17, 15) is 14.7 Å². The summed E-state index contributed by atoms with van der Waals surface area (Å²) in [5.74, 6) is 0.0587. The summed E-state index contributed by atoms with van der Waals surface area (Å²) in [5, 5.41) is 13.4. The predicted molar refractivity (Wildman–Crippen MR) is 102 cm³/mol. The fraction of sp³-hybridized carbons (Fsp3) is 0.429. The smallest absolute Gasteiger partial charge is 0.247 e. The zero-order valence-electron chi connectivity index (χ0n) is 15.2. The van der Waals surface area contributed by atoms with E-state index in [0.717, 1.165) is 18.4 Å². The second-order valence-corrected chi connectivity index (χ2v) is 7.72. The van der Waals surface area contributed by atoms with Crippen LogP contribution in [0.2, 0.25) is 0 Å². The highest BCUT2D eigenvalue weighted by atomic mass is 16.3. The number of likely N-dealkylation sites (tertiary alicyclic amines) is 1. The summed E-state index contributed by atoms with van der Waals surface area (Å²) in [6.07, 6.45) is 3.39. The van der Waals surface area contributed by atoms with E-state index in [2.05, 4.69) is 27.3 Å². The van der Waals surface area contributed by atoms with E-state index >= 15 is 0 Å². The zero-order valence-corrected chi connectivity index (χ0v) is 15.2. The number of piperidine rings is 1. The Morgan fingerprint density at radius 3 is 2.56 bits per heavy atom. The summed E-state index contributed by atoms with van der Waals surface area (Å²) in [5.41, 5.74) is 3.39. The number of benzene rings is 1. The van der Waals surface area contributed by atoms with Gasteiger partial charge in [0.25, 0.3) is 0 Å². The van der Waals surface area contributed by atoms with Crippen LogP contribution in [-0.4, -0.2) is 46.1 Å². The Hall–Kier alpha value is -2.44. The van der Waals surface area contributed by atoms with E-state index < -0.39 is 6.10 Å². The van der Waals surface area contributed by atoms with Gasteiger partial charge in [0.1, 0.15) is 0 Å². The van der Waals surface area contributed by atoms with Crippen molar-refractivity contribution in [3.8, 4) is 0 Å². The molecule has 0 bridgehead atoms. The molecule has 0 saturated carbocycles. The summed E-state index contributed by atoms with van der Waals surface area (Å²) < 4.78 is 0. The molecule has 3 N–H and O–H groups in total. The highest BCUT2D eigenvalue weighted by Gasteiger charge is 2.31. The quantitative estimate of drug-likeness (QED) is 0.748. The number of hydrogen-bond donors (Lipinski definition) is 3. The monoisotopic (exact) mass is 367 g/mol. The van der Waals surface area contributed by atoms with E-state index in [1.807, 2.05) is 12.1 Å². The minimum Gasteiger partial charge on any atom is -0.392 e. The van der Waals surface area contributed by atoms with Crippen molar-refractivity contribution >= 4 is 5.91 Å². The molecule has 6 nitrogen and oxygen atoms in total. The van der Waals surface area contributed by atoms with Crippen molar-refractivity contribution in [2.24, 2.45) is 5.92 Å². The maximum Gasteiger partial charge on any atom is 0.247 e. The molecule has 1 saturated heterocycles. The zero-order chi connectivity index (χ0) is 18.8. The molecule has 27 heavy (non-hydrogen) atoms. The molecule has 6 heteroatoms. The topological polar surface area (TPSA) is 85.4 Å². The maximum absolute atomic E-state index is 12.7. The van der Waals surface area contributed by atoms with Crippen LogP contribution in [0, 0.1) is 5.92 Å². The van der Waals surface area contributed by atoms with Crippen LogP contribution in [0.5, 0.6) is 0 Å². The van der Waals surface area contributed by atoms with Crippen molar-refractivity contribution in [2.75, 3.05) is 13.1 Å². The number of carbonyl (C=O) groups excluding carboxylic acids is 1. The number of H-pyrrole nitrogens is 1. The third kappa shape index (κ3) is 4.28. The van der Waals surface area contributed by atoms with Crippen molar-refractivity contribution < 1.29 is 9.90 Å². The van der Waals surface area contributed by atoms with Crippen LogP contribution in [-0.2, 0) is 24.2 Å². The third-order valence-electron chi connectivity index (χ3n) is 5.53. The largest absolute Gasteiger partial charge is 0.392 e. The number of rotatable bonds is 4. The molecule has 1 fully saturated rings. The molecule has 1 aromatic heterocycles. The van der Waals surface area contributed by atoms with E-state index in [-0.39, 0.29) is 23.4 Å². The lowest BCUT2D eigenvalue weighted by Gasteiger charge is -2.36. The maximum atomic E-state index is 12.7. The molecule has 4 rings (SSSR count). The van der Waals surface area contributed by atoms with Crippen LogP contribution < -0.4 is 10.9 Å². The molecule has 1 aliphatic heterocycles. The number of pyridine rings is 1. The molecule has 2 heterocycles. The summed E-state index contributed by atoms with van der Waals surface area (Å²) in [6.45, 7) is 1.90. The van der Waals surface area contributed by atoms with Gasteiger partial charge < -0.3 is 15.4 Å². The van der Waals surface area contributed by atoms with Crippen LogP contribution in [0.1, 0.15) is 23.1 Å². The Bertz CT molecular complexity index is 833. The van der Waals surface area contributed by atoms with Gasteiger partial charge in [0.05, 0.1) is 6.10 Å². The number of aliphatic hydroxyl groups excluding tert-OH is 1. The minimum atomic E-state index is -0.465. The summed E-state index contributed by atoms with van der Waals surface area (Å²) >= 11 is 0. The number of nitrogens with one attached hydrogen (secondary N) is 2. The summed E-state index contributed by atoms with van der Waals surface area (Å²) in [4.78, 5) is 28.7. The standard InChI is InChI=1S/C21H25N3O3/c25-19-9-18(12-24(13-19)11-14-5-6-20(26)22-10-14)23-21(27)17-7-15-3-1-2-4-16(15)8-17/h1-6,10,17-19,25H,7-9,11-13H2,(H,22,26)(H,23,27)/t18-,19+/m0/s1. The van der Waals surface area contributed by atoms with Gasteiger partial charge in [0.15, 0.2) is 0 Å². The van der Waals surface area contributed by atoms with Gasteiger partial charge in [0, 0.05) is 43.9 Å². The number of carbonyl (C=O) groups is 1. The first-order valence-corrected chi connectivity index (χ1v) is 9.52. The SMILES string of the molecule is O=C(N[C@H]1C[C@@H](O)CN(Cc2ccc(=O)[nH]c2)C1)C1Cc2ccccc2C1. The predicted octanol–water partition coefficient (Wildman–Crippen LogP) is 0.841. The van der Waals surface area contributed by atoms with Crippen LogP contribution in [0.4, 0.5) is 0 Å². The number of nitrogens with zero attached hydrogens (tertiary/aromatic N) is 1. The number of β-amino-alcohol motifs (C(OH)–C–C–N with tert-alkyl or cyclic N) is 1. The minimum absolute atomic E-state index is 0.0193. The second-order valence-electron chi connectivity index (χ2n) is 7.72. The molecule has 0 unspecified atom stereocenters. The van der Waals surface area contributed by atoms with Crippen molar-refractivity contribution in [3.05, 3.63) is 69.6 Å². The van der Waals surface area contributed by atoms with E-state index in [1.165, 1.54) is 17.2 Å². The average Bonchev–Trinajstić information content (AvgIpc) is 3.07. The van der Waals surface area contributed by atoms with Crippen LogP contribution in [0.15, 0.2) is 47.4 Å². The van der Waals surface area contributed by atoms with Crippen LogP contribution >= 0.6 is 0 Å². The Morgan fingerprint density at radius 2 is 1.89 bits per heavy atom. The molecule has 1 amide bonds. The molecule has 2 aromatic rings. The Kier molecular flexibility index (Phi) is 5.09. The summed E-state index contributed by atoms with van der Waals surface area (Å²) in [7, 11) is 0. The number of aliphatic hydroxyl groups is 1. The lowest BCUT2D eigenvalue weighted by Crippen LogP contribution is -2.53. The molecule has 142 valence electrons. The summed E-state index contributed by atoms with van der Waals surface area (Å²) in [6, 6.07) is 11.5. The Balaban J connectivity index is 1.35. The highest BCUT2D eigenvalue weighted by molar-refractivity contribution is 5.80. The van der Waals surface area contributed by atoms with Crippen molar-refractivity contribution in [1.82, 2.24) is 15.2 Å². The van der Waals surface area contributed by atoms with E-state index in [0.29, 0.717) is 26.1 Å². The van der Waals surface area contributed by atoms with Crippen LogP contribution in [0.3, 0.4) is 0 Å². The third-order valence-corrected chi connectivity index (χ3v) is 5.53. The number of aromatic nitrogens is 1. The first kappa shape index (κ1) is 17.9. The molecule has 1 aromatic carbocycles. The molecular weight excluding hydrogens is 342 g/mol. The van der Waals surface area contributed by atoms with Gasteiger partial charge in [0.2, 0.25) is 11.5 Å². The highest BCUT2D eigenvalue weighted by Crippen LogP contribution is 2.27. The Labute approximate surface area is 158 Å². The van der Waals surface area contributed by atoms with Gasteiger partial charge in [-0.1, -0.05) is 30.3 Å². The fourth-order valence-electron chi connectivity index (χ4n) is 4.26. The van der Waals surface area contributed by atoms with Crippen molar-refractivity contribution in [2.45, 2.75) is 38.0 Å². The van der Waals surface area contributed by atoms with Gasteiger partial charge >= 0.3 is 0 Å². The van der Waals surface area contributed by atoms with Crippen molar-refractivity contribution in [3.63, 3.8) is 0 Å². The molecule has 1 aliphatic carbocycles. The second kappa shape index (κ2) is 7.66. The van der Waals surface area contributed by atoms with Crippen molar-refractivity contribution in [1.29, 1.82) is 0 Å².